The van der Waals surface area contributed by atoms with Gasteiger partial charge in [-0.3, -0.25) is 0 Å². The van der Waals surface area contributed by atoms with E-state index >= 15 is 0 Å². The van der Waals surface area contributed by atoms with Crippen molar-refractivity contribution in [2.75, 3.05) is 5.73 Å². The van der Waals surface area contributed by atoms with Crippen LogP contribution in [0.5, 0.6) is 0 Å². The zero-order valence-corrected chi connectivity index (χ0v) is 13.0. The molecule has 3 N–H and O–H groups in total. The van der Waals surface area contributed by atoms with Gasteiger partial charge in [-0.2, -0.15) is 5.10 Å². The van der Waals surface area contributed by atoms with E-state index in [1.54, 1.807) is 4.68 Å². The summed E-state index contributed by atoms with van der Waals surface area (Å²) in [5.41, 5.74) is 5.93. The highest BCUT2D eigenvalue weighted by molar-refractivity contribution is 7.89. The molecule has 1 rings (SSSR count). The topological polar surface area (TPSA) is 90.0 Å². The summed E-state index contributed by atoms with van der Waals surface area (Å²) in [7, 11) is -3.60. The van der Waals surface area contributed by atoms with Crippen LogP contribution in [-0.4, -0.2) is 24.2 Å². The molecule has 0 aliphatic heterocycles. The normalized spacial score (nSPS) is 15.7. The standard InChI is InChI=1S/C12H24N4O2S/c1-6-9(4)15-19(17,18)11-7-14-16(12(11)13)10(5)8(2)3/h7-10,15H,6,13H2,1-5H3. The fourth-order valence-electron chi connectivity index (χ4n) is 1.58. The Labute approximate surface area is 115 Å². The lowest BCUT2D eigenvalue weighted by atomic mass is 10.1. The van der Waals surface area contributed by atoms with Crippen molar-refractivity contribution in [3.63, 3.8) is 0 Å². The molecule has 1 heterocycles. The molecule has 0 aromatic carbocycles. The number of anilines is 1. The Hall–Kier alpha value is -1.08. The number of hydrogen-bond acceptors (Lipinski definition) is 4. The Morgan fingerprint density at radius 1 is 1.37 bits per heavy atom. The molecule has 0 radical (unpaired) electrons. The quantitative estimate of drug-likeness (QED) is 0.834. The lowest BCUT2D eigenvalue weighted by Crippen LogP contribution is -2.32. The molecule has 2 unspecified atom stereocenters. The van der Waals surface area contributed by atoms with E-state index in [0.717, 1.165) is 6.42 Å². The average molecular weight is 288 g/mol. The number of sulfonamides is 1. The van der Waals surface area contributed by atoms with Crippen molar-refractivity contribution < 1.29 is 8.42 Å². The summed E-state index contributed by atoms with van der Waals surface area (Å²) in [6.45, 7) is 9.77. The van der Waals surface area contributed by atoms with Gasteiger partial charge in [0.15, 0.2) is 0 Å². The van der Waals surface area contributed by atoms with Crippen LogP contribution < -0.4 is 10.5 Å². The molecule has 0 aliphatic rings. The third-order valence-corrected chi connectivity index (χ3v) is 5.01. The van der Waals surface area contributed by atoms with Gasteiger partial charge >= 0.3 is 0 Å². The highest BCUT2D eigenvalue weighted by Gasteiger charge is 2.25. The molecule has 110 valence electrons. The van der Waals surface area contributed by atoms with Crippen LogP contribution in [0, 0.1) is 5.92 Å². The van der Waals surface area contributed by atoms with Gasteiger partial charge < -0.3 is 5.73 Å². The van der Waals surface area contributed by atoms with Crippen molar-refractivity contribution in [1.82, 2.24) is 14.5 Å². The SMILES string of the molecule is CCC(C)NS(=O)(=O)c1cnn(C(C)C(C)C)c1N. The van der Waals surface area contributed by atoms with Crippen LogP contribution in [0.2, 0.25) is 0 Å². The second kappa shape index (κ2) is 5.92. The van der Waals surface area contributed by atoms with E-state index in [4.69, 9.17) is 5.73 Å². The summed E-state index contributed by atoms with van der Waals surface area (Å²) in [6.07, 6.45) is 2.04. The van der Waals surface area contributed by atoms with E-state index in [1.165, 1.54) is 6.20 Å². The fraction of sp³-hybridized carbons (Fsp3) is 0.750. The number of hydrogen-bond donors (Lipinski definition) is 2. The largest absolute Gasteiger partial charge is 0.383 e. The number of nitrogen functional groups attached to an aromatic ring is 1. The Bertz CT molecular complexity index is 522. The van der Waals surface area contributed by atoms with Crippen molar-refractivity contribution in [3.05, 3.63) is 6.20 Å². The first-order valence-corrected chi connectivity index (χ1v) is 8.04. The van der Waals surface area contributed by atoms with Crippen molar-refractivity contribution in [2.45, 2.75) is 58.0 Å². The highest BCUT2D eigenvalue weighted by Crippen LogP contribution is 2.25. The van der Waals surface area contributed by atoms with E-state index in [-0.39, 0.29) is 22.8 Å². The van der Waals surface area contributed by atoms with Crippen LogP contribution in [0.3, 0.4) is 0 Å². The van der Waals surface area contributed by atoms with E-state index in [9.17, 15) is 8.42 Å². The minimum atomic E-state index is -3.60. The summed E-state index contributed by atoms with van der Waals surface area (Å²) in [6, 6.07) is -0.0807. The molecule has 0 bridgehead atoms. The van der Waals surface area contributed by atoms with Crippen molar-refractivity contribution in [1.29, 1.82) is 0 Å². The molecule has 0 aliphatic carbocycles. The van der Waals surface area contributed by atoms with Crippen LogP contribution in [0.4, 0.5) is 5.82 Å². The molecule has 2 atom stereocenters. The van der Waals surface area contributed by atoms with Gasteiger partial charge in [-0.05, 0) is 26.2 Å². The number of nitrogens with one attached hydrogen (secondary N) is 1. The summed E-state index contributed by atoms with van der Waals surface area (Å²) < 4.78 is 28.5. The molecule has 7 heteroatoms. The minimum Gasteiger partial charge on any atom is -0.383 e. The monoisotopic (exact) mass is 288 g/mol. The lowest BCUT2D eigenvalue weighted by molar-refractivity contribution is 0.380. The van der Waals surface area contributed by atoms with E-state index in [2.05, 4.69) is 9.82 Å². The van der Waals surface area contributed by atoms with E-state index in [1.807, 2.05) is 34.6 Å². The fourth-order valence-corrected chi connectivity index (χ4v) is 2.96. The van der Waals surface area contributed by atoms with Gasteiger partial charge in [0.05, 0.1) is 12.2 Å². The van der Waals surface area contributed by atoms with Crippen molar-refractivity contribution >= 4 is 15.8 Å². The van der Waals surface area contributed by atoms with Crippen LogP contribution >= 0.6 is 0 Å². The van der Waals surface area contributed by atoms with Crippen LogP contribution in [0.15, 0.2) is 11.1 Å². The third kappa shape index (κ3) is 3.48. The van der Waals surface area contributed by atoms with Crippen LogP contribution in [-0.2, 0) is 10.0 Å². The van der Waals surface area contributed by atoms with Gasteiger partial charge in [0.2, 0.25) is 10.0 Å². The molecule has 0 saturated carbocycles. The van der Waals surface area contributed by atoms with Gasteiger partial charge in [0.1, 0.15) is 10.7 Å². The molecule has 0 fully saturated rings. The second-order valence-corrected chi connectivity index (χ2v) is 6.94. The molecule has 1 aromatic heterocycles. The molecule has 6 nitrogen and oxygen atoms in total. The average Bonchev–Trinajstić information content (AvgIpc) is 2.69. The molecule has 0 amide bonds. The summed E-state index contributed by atoms with van der Waals surface area (Å²) in [4.78, 5) is 0.0558. The van der Waals surface area contributed by atoms with Gasteiger partial charge in [-0.15, -0.1) is 0 Å². The Kier molecular flexibility index (Phi) is 4.98. The maximum Gasteiger partial charge on any atom is 0.246 e. The van der Waals surface area contributed by atoms with Gasteiger partial charge in [-0.25, -0.2) is 17.8 Å². The lowest BCUT2D eigenvalue weighted by Gasteiger charge is -2.18. The van der Waals surface area contributed by atoms with Crippen molar-refractivity contribution in [2.24, 2.45) is 5.92 Å². The summed E-state index contributed by atoms with van der Waals surface area (Å²) >= 11 is 0. The van der Waals surface area contributed by atoms with E-state index < -0.39 is 10.0 Å². The summed E-state index contributed by atoms with van der Waals surface area (Å²) in [5.74, 6) is 0.511. The summed E-state index contributed by atoms with van der Waals surface area (Å²) in [5, 5.41) is 4.11. The minimum absolute atomic E-state index is 0.0487. The molecular weight excluding hydrogens is 264 g/mol. The molecule has 1 aromatic rings. The first kappa shape index (κ1) is 16.0. The Morgan fingerprint density at radius 2 is 1.95 bits per heavy atom. The van der Waals surface area contributed by atoms with Gasteiger partial charge in [0, 0.05) is 6.04 Å². The number of aromatic nitrogens is 2. The predicted molar refractivity (Wildman–Crippen MR) is 76.3 cm³/mol. The maximum atomic E-state index is 12.2. The van der Waals surface area contributed by atoms with Crippen LogP contribution in [0.1, 0.15) is 47.1 Å². The van der Waals surface area contributed by atoms with E-state index in [0.29, 0.717) is 5.92 Å². The smallest absolute Gasteiger partial charge is 0.246 e. The van der Waals surface area contributed by atoms with Gasteiger partial charge in [0.25, 0.3) is 0 Å². The predicted octanol–water partition coefficient (Wildman–Crippen LogP) is 1.76. The first-order valence-electron chi connectivity index (χ1n) is 6.56. The van der Waals surface area contributed by atoms with Gasteiger partial charge in [-0.1, -0.05) is 20.8 Å². The van der Waals surface area contributed by atoms with Crippen LogP contribution in [0.25, 0.3) is 0 Å². The number of nitrogens with two attached hydrogens (primary N) is 1. The highest BCUT2D eigenvalue weighted by atomic mass is 32.2. The second-order valence-electron chi connectivity index (χ2n) is 5.25. The zero-order valence-electron chi connectivity index (χ0n) is 12.2. The molecule has 0 spiro atoms. The third-order valence-electron chi connectivity index (χ3n) is 3.41. The molecule has 19 heavy (non-hydrogen) atoms. The number of rotatable bonds is 6. The molecule has 0 saturated heterocycles. The first-order chi connectivity index (χ1) is 8.70. The maximum absolute atomic E-state index is 12.2. The molecular formula is C12H24N4O2S. The Morgan fingerprint density at radius 3 is 2.42 bits per heavy atom. The number of nitrogens with zero attached hydrogens (tertiary/aromatic N) is 2. The Balaban J connectivity index is 3.10. The van der Waals surface area contributed by atoms with Crippen molar-refractivity contribution in [3.8, 4) is 0 Å². The zero-order chi connectivity index (χ0) is 14.8.